The predicted molar refractivity (Wildman–Crippen MR) is 69.1 cm³/mol. The van der Waals surface area contributed by atoms with Crippen molar-refractivity contribution in [3.05, 3.63) is 23.4 Å². The largest absolute Gasteiger partial charge is 0.478 e. The third kappa shape index (κ3) is 3.11. The molecule has 2 fully saturated rings. The molecule has 21 heavy (non-hydrogen) atoms. The van der Waals surface area contributed by atoms with Gasteiger partial charge in [-0.05, 0) is 49.7 Å². The van der Waals surface area contributed by atoms with E-state index in [4.69, 9.17) is 5.11 Å². The number of hydrogen-bond donors (Lipinski definition) is 2. The molecule has 0 unspecified atom stereocenters. The van der Waals surface area contributed by atoms with Crippen LogP contribution >= 0.6 is 0 Å². The third-order valence-electron chi connectivity index (χ3n) is 3.98. The Hall–Kier alpha value is -1.79. The van der Waals surface area contributed by atoms with Gasteiger partial charge < -0.3 is 10.4 Å². The summed E-state index contributed by atoms with van der Waals surface area (Å²) in [7, 11) is 0. The second kappa shape index (κ2) is 4.89. The number of rotatable bonds is 5. The van der Waals surface area contributed by atoms with Gasteiger partial charge in [-0.3, -0.25) is 0 Å². The summed E-state index contributed by atoms with van der Waals surface area (Å²) < 4.78 is 38.2. The van der Waals surface area contributed by atoms with E-state index >= 15 is 0 Å². The van der Waals surface area contributed by atoms with Gasteiger partial charge in [0.1, 0.15) is 17.1 Å². The lowest BCUT2D eigenvalue weighted by Crippen LogP contribution is -2.27. The van der Waals surface area contributed by atoms with E-state index < -0.39 is 17.8 Å². The minimum atomic E-state index is -4.58. The Bertz CT molecular complexity index is 554. The number of hydrogen-bond acceptors (Lipinski definition) is 3. The molecule has 0 atom stereocenters. The van der Waals surface area contributed by atoms with Crippen LogP contribution in [-0.4, -0.2) is 22.1 Å². The highest BCUT2D eigenvalue weighted by molar-refractivity contribution is 5.93. The minimum absolute atomic E-state index is 0.0408. The van der Waals surface area contributed by atoms with E-state index in [1.807, 2.05) is 0 Å². The standard InChI is InChI=1S/C14H15F3N2O2/c15-14(16,17)10-6-5-9(13(20)21)12(18-10)19-11(7-1-2-7)8-3-4-8/h5-8,11H,1-4H2,(H,18,19)(H,20,21). The molecular weight excluding hydrogens is 285 g/mol. The topological polar surface area (TPSA) is 62.2 Å². The molecule has 1 heterocycles. The van der Waals surface area contributed by atoms with E-state index in [0.29, 0.717) is 17.9 Å². The summed E-state index contributed by atoms with van der Waals surface area (Å²) in [5.74, 6) is -0.587. The fourth-order valence-corrected chi connectivity index (χ4v) is 2.59. The van der Waals surface area contributed by atoms with Gasteiger partial charge in [-0.15, -0.1) is 0 Å². The van der Waals surface area contributed by atoms with Crippen molar-refractivity contribution in [2.45, 2.75) is 37.9 Å². The second-order valence-electron chi connectivity index (χ2n) is 5.74. The summed E-state index contributed by atoms with van der Waals surface area (Å²) in [5.41, 5.74) is -1.28. The van der Waals surface area contributed by atoms with Gasteiger partial charge in [-0.1, -0.05) is 0 Å². The number of carboxylic acid groups (broad SMARTS) is 1. The lowest BCUT2D eigenvalue weighted by molar-refractivity contribution is -0.141. The molecule has 2 N–H and O–H groups in total. The lowest BCUT2D eigenvalue weighted by atomic mass is 10.1. The van der Waals surface area contributed by atoms with Gasteiger partial charge in [-0.2, -0.15) is 13.2 Å². The third-order valence-corrected chi connectivity index (χ3v) is 3.98. The van der Waals surface area contributed by atoms with E-state index in [9.17, 15) is 18.0 Å². The second-order valence-corrected chi connectivity index (χ2v) is 5.74. The molecule has 2 aliphatic rings. The van der Waals surface area contributed by atoms with E-state index in [2.05, 4.69) is 10.3 Å². The van der Waals surface area contributed by atoms with E-state index in [0.717, 1.165) is 31.7 Å². The quantitative estimate of drug-likeness (QED) is 0.875. The number of nitrogens with zero attached hydrogens (tertiary/aromatic N) is 1. The van der Waals surface area contributed by atoms with Crippen molar-refractivity contribution < 1.29 is 23.1 Å². The Labute approximate surface area is 119 Å². The Morgan fingerprint density at radius 2 is 1.81 bits per heavy atom. The number of alkyl halides is 3. The number of aromatic carboxylic acids is 1. The predicted octanol–water partition coefficient (Wildman–Crippen LogP) is 3.40. The smallest absolute Gasteiger partial charge is 0.433 e. The van der Waals surface area contributed by atoms with Crippen LogP contribution < -0.4 is 5.32 Å². The van der Waals surface area contributed by atoms with Gasteiger partial charge in [0.15, 0.2) is 0 Å². The van der Waals surface area contributed by atoms with Crippen molar-refractivity contribution in [2.75, 3.05) is 5.32 Å². The van der Waals surface area contributed by atoms with E-state index in [1.54, 1.807) is 0 Å². The van der Waals surface area contributed by atoms with Gasteiger partial charge in [-0.25, -0.2) is 9.78 Å². The Morgan fingerprint density at radius 3 is 2.24 bits per heavy atom. The average molecular weight is 300 g/mol. The van der Waals surface area contributed by atoms with Crippen LogP contribution in [0, 0.1) is 11.8 Å². The maximum absolute atomic E-state index is 12.7. The number of nitrogens with one attached hydrogen (secondary N) is 1. The highest BCUT2D eigenvalue weighted by Gasteiger charge is 2.42. The molecule has 1 aromatic rings. The van der Waals surface area contributed by atoms with Crippen molar-refractivity contribution in [2.24, 2.45) is 11.8 Å². The molecule has 7 heteroatoms. The van der Waals surface area contributed by atoms with Crippen molar-refractivity contribution in [3.63, 3.8) is 0 Å². The number of halogens is 3. The molecule has 0 aromatic carbocycles. The maximum Gasteiger partial charge on any atom is 0.433 e. The van der Waals surface area contributed by atoms with E-state index in [-0.39, 0.29) is 17.4 Å². The molecule has 4 nitrogen and oxygen atoms in total. The molecule has 0 amide bonds. The van der Waals surface area contributed by atoms with Crippen LogP contribution in [0.1, 0.15) is 41.7 Å². The fourth-order valence-electron chi connectivity index (χ4n) is 2.59. The molecule has 0 radical (unpaired) electrons. The van der Waals surface area contributed by atoms with Crippen LogP contribution in [0.5, 0.6) is 0 Å². The zero-order valence-electron chi connectivity index (χ0n) is 11.2. The lowest BCUT2D eigenvalue weighted by Gasteiger charge is -2.20. The SMILES string of the molecule is O=C(O)c1ccc(C(F)(F)F)nc1NC(C1CC1)C1CC1. The first kappa shape index (κ1) is 14.2. The summed E-state index contributed by atoms with van der Waals surface area (Å²) in [6.07, 6.45) is -0.432. The Kier molecular flexibility index (Phi) is 3.30. The minimum Gasteiger partial charge on any atom is -0.478 e. The van der Waals surface area contributed by atoms with Crippen LogP contribution in [0.2, 0.25) is 0 Å². The molecule has 1 aromatic heterocycles. The average Bonchev–Trinajstić information content (AvgIpc) is 3.26. The van der Waals surface area contributed by atoms with Crippen LogP contribution in [-0.2, 0) is 6.18 Å². The fraction of sp³-hybridized carbons (Fsp3) is 0.571. The van der Waals surface area contributed by atoms with Crippen LogP contribution in [0.3, 0.4) is 0 Å². The van der Waals surface area contributed by atoms with Crippen LogP contribution in [0.4, 0.5) is 19.0 Å². The van der Waals surface area contributed by atoms with Crippen molar-refractivity contribution in [1.82, 2.24) is 4.98 Å². The first-order chi connectivity index (χ1) is 9.86. The van der Waals surface area contributed by atoms with Crippen molar-refractivity contribution in [3.8, 4) is 0 Å². The molecule has 114 valence electrons. The van der Waals surface area contributed by atoms with Gasteiger partial charge in [0.25, 0.3) is 0 Å². The summed E-state index contributed by atoms with van der Waals surface area (Å²) in [5, 5.41) is 12.1. The van der Waals surface area contributed by atoms with Crippen LogP contribution in [0.25, 0.3) is 0 Å². The van der Waals surface area contributed by atoms with Crippen molar-refractivity contribution >= 4 is 11.8 Å². The molecule has 0 aliphatic heterocycles. The van der Waals surface area contributed by atoms with Crippen LogP contribution in [0.15, 0.2) is 12.1 Å². The maximum atomic E-state index is 12.7. The van der Waals surface area contributed by atoms with E-state index in [1.165, 1.54) is 0 Å². The highest BCUT2D eigenvalue weighted by Crippen LogP contribution is 2.46. The van der Waals surface area contributed by atoms with Gasteiger partial charge >= 0.3 is 12.1 Å². The highest BCUT2D eigenvalue weighted by atomic mass is 19.4. The molecule has 0 spiro atoms. The number of pyridine rings is 1. The normalized spacial score (nSPS) is 18.9. The molecule has 3 rings (SSSR count). The number of carboxylic acids is 1. The molecule has 0 saturated heterocycles. The monoisotopic (exact) mass is 300 g/mol. The summed E-state index contributed by atoms with van der Waals surface area (Å²) in [6, 6.07) is 1.72. The first-order valence-electron chi connectivity index (χ1n) is 6.94. The number of carbonyl (C=O) groups is 1. The van der Waals surface area contributed by atoms with Gasteiger partial charge in [0, 0.05) is 6.04 Å². The summed E-state index contributed by atoms with van der Waals surface area (Å²) in [4.78, 5) is 14.7. The zero-order valence-corrected chi connectivity index (χ0v) is 11.2. The number of aromatic nitrogens is 1. The zero-order chi connectivity index (χ0) is 15.2. The van der Waals surface area contributed by atoms with Gasteiger partial charge in [0.2, 0.25) is 0 Å². The molecule has 0 bridgehead atoms. The molecular formula is C14H15F3N2O2. The molecule has 2 saturated carbocycles. The number of anilines is 1. The molecule has 2 aliphatic carbocycles. The Balaban J connectivity index is 1.91. The van der Waals surface area contributed by atoms with Gasteiger partial charge in [0.05, 0.1) is 0 Å². The summed E-state index contributed by atoms with van der Waals surface area (Å²) >= 11 is 0. The first-order valence-corrected chi connectivity index (χ1v) is 6.94. The Morgan fingerprint density at radius 1 is 1.24 bits per heavy atom. The summed E-state index contributed by atoms with van der Waals surface area (Å²) in [6.45, 7) is 0. The van der Waals surface area contributed by atoms with Crippen molar-refractivity contribution in [1.29, 1.82) is 0 Å².